The molecule has 1 rings (SSSR count). The Balaban J connectivity index is 2.05. The summed E-state index contributed by atoms with van der Waals surface area (Å²) in [6.07, 6.45) is 18.9. The van der Waals surface area contributed by atoms with Gasteiger partial charge in [-0.05, 0) is 12.5 Å². The van der Waals surface area contributed by atoms with Crippen molar-refractivity contribution < 1.29 is 14.1 Å². The lowest BCUT2D eigenvalue weighted by Gasteiger charge is -2.13. The molecule has 0 fully saturated rings. The Kier molecular flexibility index (Phi) is 14.0. The maximum absolute atomic E-state index is 11.5. The third-order valence-corrected chi connectivity index (χ3v) is 5.09. The molecule has 0 bridgehead atoms. The SMILES string of the molecule is CCCCCCCCCCCCCCCCN(N=Cc1ccc([N+](=O)[O-])o1)C(N)=O. The zero-order valence-corrected chi connectivity index (χ0v) is 18.4. The molecule has 1 heterocycles. The summed E-state index contributed by atoms with van der Waals surface area (Å²) in [5, 5.41) is 15.7. The number of nitro groups is 1. The van der Waals surface area contributed by atoms with Crippen molar-refractivity contribution in [3.63, 3.8) is 0 Å². The Morgan fingerprint density at radius 3 is 1.93 bits per heavy atom. The van der Waals surface area contributed by atoms with E-state index in [-0.39, 0.29) is 11.6 Å². The Bertz CT molecular complexity index is 630. The summed E-state index contributed by atoms with van der Waals surface area (Å²) in [5.41, 5.74) is 5.34. The van der Waals surface area contributed by atoms with Crippen LogP contribution in [0.5, 0.6) is 0 Å². The average Bonchev–Trinajstić information content (AvgIpc) is 3.19. The Labute approximate surface area is 180 Å². The number of amides is 2. The number of hydrazone groups is 1. The third kappa shape index (κ3) is 12.2. The topological polar surface area (TPSA) is 115 Å². The van der Waals surface area contributed by atoms with Crippen LogP contribution in [-0.2, 0) is 0 Å². The predicted octanol–water partition coefficient (Wildman–Crippen LogP) is 6.38. The number of carbonyl (C=O) groups is 1. The zero-order valence-electron chi connectivity index (χ0n) is 18.4. The predicted molar refractivity (Wildman–Crippen MR) is 120 cm³/mol. The van der Waals surface area contributed by atoms with Crippen LogP contribution in [-0.4, -0.2) is 28.7 Å². The summed E-state index contributed by atoms with van der Waals surface area (Å²) >= 11 is 0. The van der Waals surface area contributed by atoms with E-state index < -0.39 is 11.0 Å². The van der Waals surface area contributed by atoms with Crippen molar-refractivity contribution in [1.82, 2.24) is 5.01 Å². The highest BCUT2D eigenvalue weighted by Gasteiger charge is 2.11. The van der Waals surface area contributed by atoms with E-state index in [9.17, 15) is 14.9 Å². The quantitative estimate of drug-likeness (QED) is 0.128. The van der Waals surface area contributed by atoms with Gasteiger partial charge < -0.3 is 10.2 Å². The van der Waals surface area contributed by atoms with Crippen molar-refractivity contribution in [1.29, 1.82) is 0 Å². The van der Waals surface area contributed by atoms with Crippen LogP contribution >= 0.6 is 0 Å². The smallest absolute Gasteiger partial charge is 0.400 e. The molecule has 8 heteroatoms. The molecule has 0 aliphatic heterocycles. The van der Waals surface area contributed by atoms with Crippen LogP contribution in [0.1, 0.15) is 103 Å². The first kappa shape index (κ1) is 25.7. The van der Waals surface area contributed by atoms with Crippen molar-refractivity contribution in [2.24, 2.45) is 10.8 Å². The fourth-order valence-electron chi connectivity index (χ4n) is 3.32. The third-order valence-electron chi connectivity index (χ3n) is 5.09. The van der Waals surface area contributed by atoms with Gasteiger partial charge in [-0.15, -0.1) is 0 Å². The minimum Gasteiger partial charge on any atom is -0.400 e. The molecule has 0 radical (unpaired) electrons. The first-order valence-electron chi connectivity index (χ1n) is 11.4. The maximum Gasteiger partial charge on any atom is 0.433 e. The summed E-state index contributed by atoms with van der Waals surface area (Å²) in [5.74, 6) is -0.164. The highest BCUT2D eigenvalue weighted by Crippen LogP contribution is 2.15. The minimum absolute atomic E-state index is 0.203. The van der Waals surface area contributed by atoms with Gasteiger partial charge in [0.1, 0.15) is 4.92 Å². The molecule has 1 aromatic rings. The van der Waals surface area contributed by atoms with Crippen molar-refractivity contribution >= 4 is 18.1 Å². The molecule has 0 aliphatic rings. The van der Waals surface area contributed by atoms with Crippen molar-refractivity contribution in [2.45, 2.75) is 96.8 Å². The summed E-state index contributed by atoms with van der Waals surface area (Å²) in [6, 6.07) is 2.01. The van der Waals surface area contributed by atoms with Gasteiger partial charge in [0.2, 0.25) is 0 Å². The summed E-state index contributed by atoms with van der Waals surface area (Å²) < 4.78 is 4.97. The largest absolute Gasteiger partial charge is 0.433 e. The number of nitrogens with two attached hydrogens (primary N) is 1. The number of primary amides is 1. The van der Waals surface area contributed by atoms with Gasteiger partial charge in [-0.25, -0.2) is 9.80 Å². The molecule has 1 aromatic heterocycles. The maximum atomic E-state index is 11.5. The van der Waals surface area contributed by atoms with Crippen LogP contribution in [0, 0.1) is 10.1 Å². The van der Waals surface area contributed by atoms with Crippen LogP contribution in [0.4, 0.5) is 10.7 Å². The summed E-state index contributed by atoms with van der Waals surface area (Å²) in [6.45, 7) is 2.67. The number of unbranched alkanes of at least 4 members (excludes halogenated alkanes) is 13. The van der Waals surface area contributed by atoms with Crippen LogP contribution in [0.2, 0.25) is 0 Å². The van der Waals surface area contributed by atoms with E-state index in [1.54, 1.807) is 0 Å². The molecule has 170 valence electrons. The minimum atomic E-state index is -0.651. The molecule has 0 atom stereocenters. The average molecular weight is 423 g/mol. The van der Waals surface area contributed by atoms with Gasteiger partial charge in [-0.2, -0.15) is 5.10 Å². The van der Waals surface area contributed by atoms with E-state index >= 15 is 0 Å². The molecule has 0 saturated carbocycles. The molecular weight excluding hydrogens is 384 g/mol. The normalized spacial score (nSPS) is 11.2. The molecule has 0 unspecified atom stereocenters. The number of rotatable bonds is 18. The molecular formula is C22H38N4O4. The van der Waals surface area contributed by atoms with E-state index in [0.717, 1.165) is 24.3 Å². The van der Waals surface area contributed by atoms with Crippen LogP contribution < -0.4 is 5.73 Å². The Hall–Kier alpha value is -2.38. The number of nitrogens with zero attached hydrogens (tertiary/aromatic N) is 3. The number of carbonyl (C=O) groups excluding carboxylic acids is 1. The van der Waals surface area contributed by atoms with E-state index in [4.69, 9.17) is 10.2 Å². The van der Waals surface area contributed by atoms with Gasteiger partial charge in [0.15, 0.2) is 5.76 Å². The molecule has 30 heavy (non-hydrogen) atoms. The lowest BCUT2D eigenvalue weighted by molar-refractivity contribution is -0.402. The first-order chi connectivity index (χ1) is 14.5. The number of hydrogen-bond acceptors (Lipinski definition) is 5. The number of furan rings is 1. The number of urea groups is 1. The van der Waals surface area contributed by atoms with Crippen molar-refractivity contribution in [3.8, 4) is 0 Å². The summed E-state index contributed by atoms with van der Waals surface area (Å²) in [7, 11) is 0. The molecule has 8 nitrogen and oxygen atoms in total. The molecule has 0 aromatic carbocycles. The molecule has 2 amide bonds. The van der Waals surface area contributed by atoms with E-state index in [2.05, 4.69) is 12.0 Å². The van der Waals surface area contributed by atoms with Crippen molar-refractivity contribution in [3.05, 3.63) is 28.0 Å². The lowest BCUT2D eigenvalue weighted by atomic mass is 10.0. The highest BCUT2D eigenvalue weighted by atomic mass is 16.6. The summed E-state index contributed by atoms with van der Waals surface area (Å²) in [4.78, 5) is 21.5. The lowest BCUT2D eigenvalue weighted by Crippen LogP contribution is -2.32. The van der Waals surface area contributed by atoms with Crippen molar-refractivity contribution in [2.75, 3.05) is 6.54 Å². The number of hydrogen-bond donors (Lipinski definition) is 1. The van der Waals surface area contributed by atoms with E-state index in [1.165, 1.54) is 89.0 Å². The van der Waals surface area contributed by atoms with E-state index in [0.29, 0.717) is 6.54 Å². The molecule has 0 spiro atoms. The Morgan fingerprint density at radius 2 is 1.50 bits per heavy atom. The van der Waals surface area contributed by atoms with Crippen LogP contribution in [0.3, 0.4) is 0 Å². The van der Waals surface area contributed by atoms with Gasteiger partial charge in [0, 0.05) is 6.54 Å². The fraction of sp³-hybridized carbons (Fsp3) is 0.727. The zero-order chi connectivity index (χ0) is 22.0. The van der Waals surface area contributed by atoms with Crippen LogP contribution in [0.15, 0.2) is 21.7 Å². The monoisotopic (exact) mass is 422 g/mol. The van der Waals surface area contributed by atoms with Gasteiger partial charge in [0.05, 0.1) is 12.3 Å². The van der Waals surface area contributed by atoms with Gasteiger partial charge in [-0.1, -0.05) is 90.4 Å². The second kappa shape index (κ2) is 16.4. The molecule has 0 aliphatic carbocycles. The first-order valence-corrected chi connectivity index (χ1v) is 11.4. The van der Waals surface area contributed by atoms with E-state index in [1.807, 2.05) is 0 Å². The van der Waals surface area contributed by atoms with Crippen LogP contribution in [0.25, 0.3) is 0 Å². The second-order valence-electron chi connectivity index (χ2n) is 7.74. The second-order valence-corrected chi connectivity index (χ2v) is 7.74. The van der Waals surface area contributed by atoms with Gasteiger partial charge in [0.25, 0.3) is 0 Å². The Morgan fingerprint density at radius 1 is 1.00 bits per heavy atom. The highest BCUT2D eigenvalue weighted by molar-refractivity contribution is 5.79. The fourth-order valence-corrected chi connectivity index (χ4v) is 3.32. The standard InChI is InChI=1S/C22H38N4O4/c1-2-3-4-5-6-7-8-9-10-11-12-13-14-15-18-25(22(23)27)24-19-20-16-17-21(30-20)26(28)29/h16-17,19H,2-15,18H2,1H3,(H2,23,27). The van der Waals surface area contributed by atoms with Gasteiger partial charge >= 0.3 is 11.9 Å². The molecule has 0 saturated heterocycles. The molecule has 2 N–H and O–H groups in total. The van der Waals surface area contributed by atoms with Gasteiger partial charge in [-0.3, -0.25) is 10.1 Å².